The molecule has 0 saturated heterocycles. The SMILES string of the molecule is FC(F)(F)CO/C=C\Oc1ccccc1. The monoisotopic (exact) mass is 218 g/mol. The van der Waals surface area contributed by atoms with E-state index in [-0.39, 0.29) is 0 Å². The van der Waals surface area contributed by atoms with Crippen molar-refractivity contribution >= 4 is 0 Å². The van der Waals surface area contributed by atoms with E-state index in [1.54, 1.807) is 30.3 Å². The van der Waals surface area contributed by atoms with Gasteiger partial charge < -0.3 is 9.47 Å². The molecule has 1 rings (SSSR count). The summed E-state index contributed by atoms with van der Waals surface area (Å²) in [6.45, 7) is -1.32. The third kappa shape index (κ3) is 5.61. The van der Waals surface area contributed by atoms with Crippen LogP contribution in [0.4, 0.5) is 13.2 Å². The summed E-state index contributed by atoms with van der Waals surface area (Å²) in [5.74, 6) is 0.532. The molecule has 1 aromatic rings. The molecule has 0 bridgehead atoms. The smallest absolute Gasteiger partial charge is 0.422 e. The average Bonchev–Trinajstić information content (AvgIpc) is 2.17. The number of rotatable bonds is 4. The quantitative estimate of drug-likeness (QED) is 0.723. The van der Waals surface area contributed by atoms with Gasteiger partial charge in [0.25, 0.3) is 0 Å². The van der Waals surface area contributed by atoms with Crippen molar-refractivity contribution in [2.75, 3.05) is 6.61 Å². The Morgan fingerprint density at radius 3 is 2.33 bits per heavy atom. The molecule has 0 spiro atoms. The molecule has 0 radical (unpaired) electrons. The summed E-state index contributed by atoms with van der Waals surface area (Å²) in [5, 5.41) is 0. The van der Waals surface area contributed by atoms with E-state index in [0.29, 0.717) is 5.75 Å². The Morgan fingerprint density at radius 2 is 1.73 bits per heavy atom. The summed E-state index contributed by atoms with van der Waals surface area (Å²) in [4.78, 5) is 0. The van der Waals surface area contributed by atoms with Crippen molar-refractivity contribution in [3.63, 3.8) is 0 Å². The Kier molecular flexibility index (Phi) is 4.03. The van der Waals surface area contributed by atoms with Gasteiger partial charge in [0.2, 0.25) is 0 Å². The fourth-order valence-electron chi connectivity index (χ4n) is 0.787. The molecule has 0 fully saturated rings. The first kappa shape index (κ1) is 11.4. The first-order valence-corrected chi connectivity index (χ1v) is 4.13. The van der Waals surface area contributed by atoms with Gasteiger partial charge in [-0.3, -0.25) is 0 Å². The van der Waals surface area contributed by atoms with E-state index >= 15 is 0 Å². The topological polar surface area (TPSA) is 18.5 Å². The van der Waals surface area contributed by atoms with Crippen LogP contribution in [0, 0.1) is 0 Å². The lowest BCUT2D eigenvalue weighted by atomic mass is 10.3. The van der Waals surface area contributed by atoms with Crippen molar-refractivity contribution in [3.05, 3.63) is 42.9 Å². The lowest BCUT2D eigenvalue weighted by Gasteiger charge is -2.04. The first-order chi connectivity index (χ1) is 7.08. The van der Waals surface area contributed by atoms with Crippen LogP contribution in [0.3, 0.4) is 0 Å². The van der Waals surface area contributed by atoms with Crippen LogP contribution in [-0.2, 0) is 4.74 Å². The lowest BCUT2D eigenvalue weighted by Crippen LogP contribution is -2.14. The Labute approximate surface area is 84.9 Å². The van der Waals surface area contributed by atoms with Gasteiger partial charge in [0, 0.05) is 0 Å². The van der Waals surface area contributed by atoms with Crippen molar-refractivity contribution < 1.29 is 22.6 Å². The summed E-state index contributed by atoms with van der Waals surface area (Å²) in [6, 6.07) is 8.65. The maximum Gasteiger partial charge on any atom is 0.422 e. The largest absolute Gasteiger partial charge is 0.489 e. The number of para-hydroxylation sites is 1. The minimum atomic E-state index is -4.32. The van der Waals surface area contributed by atoms with E-state index in [1.807, 2.05) is 0 Å². The zero-order valence-electron chi connectivity index (χ0n) is 7.70. The molecular weight excluding hydrogens is 209 g/mol. The maximum atomic E-state index is 11.6. The molecule has 15 heavy (non-hydrogen) atoms. The van der Waals surface area contributed by atoms with Crippen molar-refractivity contribution in [1.29, 1.82) is 0 Å². The van der Waals surface area contributed by atoms with E-state index in [4.69, 9.17) is 4.74 Å². The zero-order chi connectivity index (χ0) is 11.1. The van der Waals surface area contributed by atoms with Crippen LogP contribution < -0.4 is 4.74 Å². The molecule has 82 valence electrons. The molecule has 0 aliphatic carbocycles. The minimum absolute atomic E-state index is 0.532. The van der Waals surface area contributed by atoms with Gasteiger partial charge in [-0.05, 0) is 12.1 Å². The van der Waals surface area contributed by atoms with Gasteiger partial charge >= 0.3 is 6.18 Å². The summed E-state index contributed by atoms with van der Waals surface area (Å²) in [7, 11) is 0. The van der Waals surface area contributed by atoms with Gasteiger partial charge in [0.15, 0.2) is 6.61 Å². The van der Waals surface area contributed by atoms with Gasteiger partial charge in [0.1, 0.15) is 18.3 Å². The molecule has 0 atom stereocenters. The third-order valence-electron chi connectivity index (χ3n) is 1.35. The summed E-state index contributed by atoms with van der Waals surface area (Å²) >= 11 is 0. The van der Waals surface area contributed by atoms with E-state index in [1.165, 1.54) is 0 Å². The van der Waals surface area contributed by atoms with Crippen molar-refractivity contribution in [2.24, 2.45) is 0 Å². The minimum Gasteiger partial charge on any atom is -0.489 e. The Hall–Kier alpha value is -1.65. The van der Waals surface area contributed by atoms with Gasteiger partial charge in [-0.25, -0.2) is 0 Å². The molecule has 0 aliphatic rings. The summed E-state index contributed by atoms with van der Waals surface area (Å²) in [6.07, 6.45) is -2.40. The predicted octanol–water partition coefficient (Wildman–Crippen LogP) is 3.12. The normalized spacial score (nSPS) is 11.7. The third-order valence-corrected chi connectivity index (χ3v) is 1.35. The molecule has 0 aliphatic heterocycles. The van der Waals surface area contributed by atoms with Gasteiger partial charge in [-0.1, -0.05) is 18.2 Å². The highest BCUT2D eigenvalue weighted by Crippen LogP contribution is 2.14. The molecular formula is C10H9F3O2. The number of hydrogen-bond donors (Lipinski definition) is 0. The van der Waals surface area contributed by atoms with Crippen molar-refractivity contribution in [3.8, 4) is 5.75 Å². The second-order valence-electron chi connectivity index (χ2n) is 2.63. The fraction of sp³-hybridized carbons (Fsp3) is 0.200. The van der Waals surface area contributed by atoms with Crippen LogP contribution in [0.1, 0.15) is 0 Å². The van der Waals surface area contributed by atoms with Crippen LogP contribution >= 0.6 is 0 Å². The van der Waals surface area contributed by atoms with E-state index in [0.717, 1.165) is 12.5 Å². The number of ether oxygens (including phenoxy) is 2. The van der Waals surface area contributed by atoms with Gasteiger partial charge in [-0.15, -0.1) is 0 Å². The molecule has 0 heterocycles. The fourth-order valence-corrected chi connectivity index (χ4v) is 0.787. The number of benzene rings is 1. The van der Waals surface area contributed by atoms with E-state index in [2.05, 4.69) is 4.74 Å². The predicted molar refractivity (Wildman–Crippen MR) is 48.2 cm³/mol. The van der Waals surface area contributed by atoms with Crippen LogP contribution in [0.2, 0.25) is 0 Å². The van der Waals surface area contributed by atoms with Crippen molar-refractivity contribution in [1.82, 2.24) is 0 Å². The highest BCUT2D eigenvalue weighted by Gasteiger charge is 2.27. The Balaban J connectivity index is 2.23. The van der Waals surface area contributed by atoms with E-state index in [9.17, 15) is 13.2 Å². The summed E-state index contributed by atoms with van der Waals surface area (Å²) < 4.78 is 44.0. The Bertz CT molecular complexity index is 306. The first-order valence-electron chi connectivity index (χ1n) is 4.13. The van der Waals surface area contributed by atoms with Crippen molar-refractivity contribution in [2.45, 2.75) is 6.18 Å². The highest BCUT2D eigenvalue weighted by molar-refractivity contribution is 5.21. The van der Waals surface area contributed by atoms with Gasteiger partial charge in [-0.2, -0.15) is 13.2 Å². The van der Waals surface area contributed by atoms with E-state index < -0.39 is 12.8 Å². The molecule has 1 aromatic carbocycles. The molecule has 0 unspecified atom stereocenters. The second-order valence-corrected chi connectivity index (χ2v) is 2.63. The second kappa shape index (κ2) is 5.29. The highest BCUT2D eigenvalue weighted by atomic mass is 19.4. The van der Waals surface area contributed by atoms with Crippen LogP contribution in [-0.4, -0.2) is 12.8 Å². The molecule has 5 heteroatoms. The molecule has 0 N–H and O–H groups in total. The molecule has 0 saturated carbocycles. The van der Waals surface area contributed by atoms with Crippen LogP contribution in [0.5, 0.6) is 5.75 Å². The van der Waals surface area contributed by atoms with Crippen LogP contribution in [0.25, 0.3) is 0 Å². The maximum absolute atomic E-state index is 11.6. The summed E-state index contributed by atoms with van der Waals surface area (Å²) in [5.41, 5.74) is 0. The molecule has 0 aromatic heterocycles. The molecule has 0 amide bonds. The number of hydrogen-bond acceptors (Lipinski definition) is 2. The average molecular weight is 218 g/mol. The number of halogens is 3. The van der Waals surface area contributed by atoms with Gasteiger partial charge in [0.05, 0.1) is 0 Å². The Morgan fingerprint density at radius 1 is 1.07 bits per heavy atom. The lowest BCUT2D eigenvalue weighted by molar-refractivity contribution is -0.161. The molecule has 2 nitrogen and oxygen atoms in total. The standard InChI is InChI=1S/C10H9F3O2/c11-10(12,13)8-14-6-7-15-9-4-2-1-3-5-9/h1-7H,8H2/b7-6-. The zero-order valence-corrected chi connectivity index (χ0v) is 7.70. The van der Waals surface area contributed by atoms with Crippen LogP contribution in [0.15, 0.2) is 42.9 Å². The number of alkyl halides is 3.